The molecule has 1 aliphatic rings. The molecular formula is C22H26FN3O3S. The molecular weight excluding hydrogens is 405 g/mol. The normalized spacial score (nSPS) is 14.6. The van der Waals surface area contributed by atoms with Gasteiger partial charge in [-0.25, -0.2) is 4.39 Å². The van der Waals surface area contributed by atoms with Crippen molar-refractivity contribution in [2.24, 2.45) is 5.92 Å². The third-order valence-corrected chi connectivity index (χ3v) is 6.24. The molecule has 1 fully saturated rings. The lowest BCUT2D eigenvalue weighted by Crippen LogP contribution is -2.50. The van der Waals surface area contributed by atoms with Crippen molar-refractivity contribution in [3.63, 3.8) is 0 Å². The zero-order chi connectivity index (χ0) is 21.8. The standard InChI is InChI=1S/C22H26FN3O3S/c1-13(2)18(22(29)26-9-4-5-10-26)25-21(28)19-14(3)11-17(30-19)24-20(27)15-7-6-8-16(23)12-15/h6-8,11-13,18H,4-5,9-10H2,1-3H3,(H,24,27)(H,25,28)/t18-/m0/s1. The summed E-state index contributed by atoms with van der Waals surface area (Å²) in [6.45, 7) is 7.05. The van der Waals surface area contributed by atoms with Gasteiger partial charge in [-0.2, -0.15) is 0 Å². The van der Waals surface area contributed by atoms with E-state index in [4.69, 9.17) is 0 Å². The number of benzene rings is 1. The maximum Gasteiger partial charge on any atom is 0.262 e. The van der Waals surface area contributed by atoms with Crippen LogP contribution in [0.3, 0.4) is 0 Å². The van der Waals surface area contributed by atoms with Crippen molar-refractivity contribution in [2.45, 2.75) is 39.7 Å². The molecule has 0 radical (unpaired) electrons. The molecule has 0 unspecified atom stereocenters. The van der Waals surface area contributed by atoms with E-state index in [9.17, 15) is 18.8 Å². The summed E-state index contributed by atoms with van der Waals surface area (Å²) in [5.74, 6) is -1.38. The number of thiophene rings is 1. The van der Waals surface area contributed by atoms with Crippen LogP contribution in [0.2, 0.25) is 0 Å². The minimum Gasteiger partial charge on any atom is -0.341 e. The van der Waals surface area contributed by atoms with Gasteiger partial charge in [0.05, 0.1) is 9.88 Å². The minimum atomic E-state index is -0.595. The van der Waals surface area contributed by atoms with E-state index in [0.717, 1.165) is 43.3 Å². The topological polar surface area (TPSA) is 78.5 Å². The van der Waals surface area contributed by atoms with Gasteiger partial charge in [0.2, 0.25) is 5.91 Å². The van der Waals surface area contributed by atoms with Crippen LogP contribution in [-0.4, -0.2) is 41.8 Å². The molecule has 1 aromatic carbocycles. The van der Waals surface area contributed by atoms with E-state index in [1.54, 1.807) is 17.9 Å². The Balaban J connectivity index is 1.70. The zero-order valence-corrected chi connectivity index (χ0v) is 18.1. The van der Waals surface area contributed by atoms with Gasteiger partial charge in [-0.3, -0.25) is 14.4 Å². The predicted octanol–water partition coefficient (Wildman–Crippen LogP) is 3.82. The molecule has 160 valence electrons. The van der Waals surface area contributed by atoms with Crippen molar-refractivity contribution in [3.05, 3.63) is 52.2 Å². The van der Waals surface area contributed by atoms with Gasteiger partial charge in [-0.05, 0) is 55.5 Å². The summed E-state index contributed by atoms with van der Waals surface area (Å²) in [5.41, 5.74) is 0.895. The molecule has 0 spiro atoms. The van der Waals surface area contributed by atoms with Crippen molar-refractivity contribution in [1.29, 1.82) is 0 Å². The van der Waals surface area contributed by atoms with Gasteiger partial charge in [0, 0.05) is 18.7 Å². The lowest BCUT2D eigenvalue weighted by atomic mass is 10.0. The molecule has 0 aliphatic carbocycles. The van der Waals surface area contributed by atoms with E-state index in [0.29, 0.717) is 15.4 Å². The first-order chi connectivity index (χ1) is 14.3. The number of nitrogens with zero attached hydrogens (tertiary/aromatic N) is 1. The van der Waals surface area contributed by atoms with Gasteiger partial charge in [-0.15, -0.1) is 11.3 Å². The van der Waals surface area contributed by atoms with Crippen LogP contribution in [0.25, 0.3) is 0 Å². The molecule has 1 aliphatic heterocycles. The molecule has 1 saturated heterocycles. The lowest BCUT2D eigenvalue weighted by molar-refractivity contribution is -0.133. The Kier molecular flexibility index (Phi) is 6.87. The third kappa shape index (κ3) is 5.05. The SMILES string of the molecule is Cc1cc(NC(=O)c2cccc(F)c2)sc1C(=O)N[C@H](C(=O)N1CCCC1)C(C)C. The summed E-state index contributed by atoms with van der Waals surface area (Å²) in [7, 11) is 0. The molecule has 30 heavy (non-hydrogen) atoms. The van der Waals surface area contributed by atoms with E-state index in [1.165, 1.54) is 18.2 Å². The number of amides is 3. The Morgan fingerprint density at radius 3 is 2.43 bits per heavy atom. The van der Waals surface area contributed by atoms with Gasteiger partial charge >= 0.3 is 0 Å². The number of nitrogens with one attached hydrogen (secondary N) is 2. The number of likely N-dealkylation sites (tertiary alicyclic amines) is 1. The second-order valence-electron chi connectivity index (χ2n) is 7.81. The second kappa shape index (κ2) is 9.38. The van der Waals surface area contributed by atoms with Crippen LogP contribution in [-0.2, 0) is 4.79 Å². The van der Waals surface area contributed by atoms with Crippen molar-refractivity contribution in [3.8, 4) is 0 Å². The van der Waals surface area contributed by atoms with Crippen molar-refractivity contribution in [1.82, 2.24) is 10.2 Å². The van der Waals surface area contributed by atoms with Crippen LogP contribution in [0.4, 0.5) is 9.39 Å². The summed E-state index contributed by atoms with van der Waals surface area (Å²) >= 11 is 1.13. The van der Waals surface area contributed by atoms with Gasteiger partial charge in [0.15, 0.2) is 0 Å². The largest absolute Gasteiger partial charge is 0.341 e. The average Bonchev–Trinajstić information content (AvgIpc) is 3.35. The number of halogens is 1. The highest BCUT2D eigenvalue weighted by molar-refractivity contribution is 7.18. The first-order valence-corrected chi connectivity index (χ1v) is 10.8. The molecule has 2 N–H and O–H groups in total. The van der Waals surface area contributed by atoms with Gasteiger partial charge in [0.1, 0.15) is 11.9 Å². The second-order valence-corrected chi connectivity index (χ2v) is 8.87. The third-order valence-electron chi connectivity index (χ3n) is 5.08. The van der Waals surface area contributed by atoms with E-state index in [1.807, 2.05) is 13.8 Å². The Morgan fingerprint density at radius 1 is 1.10 bits per heavy atom. The summed E-state index contributed by atoms with van der Waals surface area (Å²) < 4.78 is 13.3. The van der Waals surface area contributed by atoms with E-state index in [2.05, 4.69) is 10.6 Å². The average molecular weight is 432 g/mol. The zero-order valence-electron chi connectivity index (χ0n) is 17.3. The molecule has 2 heterocycles. The highest BCUT2D eigenvalue weighted by Gasteiger charge is 2.31. The van der Waals surface area contributed by atoms with Gasteiger partial charge < -0.3 is 15.5 Å². The van der Waals surface area contributed by atoms with Crippen molar-refractivity contribution in [2.75, 3.05) is 18.4 Å². The fourth-order valence-electron chi connectivity index (χ4n) is 3.44. The maximum absolute atomic E-state index is 13.3. The monoisotopic (exact) mass is 431 g/mol. The van der Waals surface area contributed by atoms with Gasteiger partial charge in [-0.1, -0.05) is 19.9 Å². The summed E-state index contributed by atoms with van der Waals surface area (Å²) in [6, 6.07) is 6.51. The quantitative estimate of drug-likeness (QED) is 0.730. The molecule has 3 rings (SSSR count). The van der Waals surface area contributed by atoms with Crippen LogP contribution in [0.5, 0.6) is 0 Å². The van der Waals surface area contributed by atoms with Crippen LogP contribution in [0.15, 0.2) is 30.3 Å². The Hall–Kier alpha value is -2.74. The molecule has 1 aromatic heterocycles. The fourth-order valence-corrected chi connectivity index (χ4v) is 4.41. The van der Waals surface area contributed by atoms with E-state index < -0.39 is 17.8 Å². The molecule has 6 nitrogen and oxygen atoms in total. The highest BCUT2D eigenvalue weighted by atomic mass is 32.1. The number of aryl methyl sites for hydroxylation is 1. The van der Waals surface area contributed by atoms with Crippen molar-refractivity contribution >= 4 is 34.1 Å². The van der Waals surface area contributed by atoms with Crippen LogP contribution < -0.4 is 10.6 Å². The highest BCUT2D eigenvalue weighted by Crippen LogP contribution is 2.27. The van der Waals surface area contributed by atoms with E-state index >= 15 is 0 Å². The molecule has 1 atom stereocenters. The van der Waals surface area contributed by atoms with Crippen molar-refractivity contribution < 1.29 is 18.8 Å². The summed E-state index contributed by atoms with van der Waals surface area (Å²) in [6.07, 6.45) is 1.98. The fraction of sp³-hybridized carbons (Fsp3) is 0.409. The molecule has 0 bridgehead atoms. The molecule has 2 aromatic rings. The molecule has 8 heteroatoms. The van der Waals surface area contributed by atoms with Crippen LogP contribution in [0, 0.1) is 18.7 Å². The molecule has 0 saturated carbocycles. The maximum atomic E-state index is 13.3. The number of rotatable bonds is 6. The smallest absolute Gasteiger partial charge is 0.262 e. The number of hydrogen-bond donors (Lipinski definition) is 2. The minimum absolute atomic E-state index is 0.0468. The summed E-state index contributed by atoms with van der Waals surface area (Å²) in [5, 5.41) is 6.06. The summed E-state index contributed by atoms with van der Waals surface area (Å²) in [4.78, 5) is 40.3. The number of hydrogen-bond acceptors (Lipinski definition) is 4. The number of anilines is 1. The Morgan fingerprint density at radius 2 is 1.80 bits per heavy atom. The Labute approximate surface area is 179 Å². The van der Waals surface area contributed by atoms with E-state index in [-0.39, 0.29) is 23.3 Å². The van der Waals surface area contributed by atoms with Gasteiger partial charge in [0.25, 0.3) is 11.8 Å². The Bertz CT molecular complexity index is 951. The van der Waals surface area contributed by atoms with Crippen LogP contribution in [0.1, 0.15) is 52.3 Å². The lowest BCUT2D eigenvalue weighted by Gasteiger charge is -2.26. The predicted molar refractivity (Wildman–Crippen MR) is 115 cm³/mol. The first-order valence-electron chi connectivity index (χ1n) is 10.0. The van der Waals surface area contributed by atoms with Crippen LogP contribution >= 0.6 is 11.3 Å². The first kappa shape index (κ1) is 22.0. The number of carbonyl (C=O) groups excluding carboxylic acids is 3. The number of carbonyl (C=O) groups is 3. The molecule has 3 amide bonds.